The number of rotatable bonds is 5. The molecule has 0 aliphatic carbocycles. The molecule has 0 amide bonds. The highest BCUT2D eigenvalue weighted by molar-refractivity contribution is 6.26. The third kappa shape index (κ3) is 5.19. The maximum atomic E-state index is 6.96. The lowest BCUT2D eigenvalue weighted by molar-refractivity contribution is 0.670. The fourth-order valence-electron chi connectivity index (χ4n) is 8.11. The molecule has 11 aromatic rings. The van der Waals surface area contributed by atoms with Crippen molar-refractivity contribution in [3.05, 3.63) is 188 Å². The molecular weight excluding hydrogens is 671 g/mol. The molecule has 9 aromatic carbocycles. The Kier molecular flexibility index (Phi) is 7.14. The Labute approximate surface area is 317 Å². The average molecular weight is 702 g/mol. The first-order valence-corrected chi connectivity index (χ1v) is 18.5. The molecule has 0 fully saturated rings. The van der Waals surface area contributed by atoms with Crippen molar-refractivity contribution in [3.8, 4) is 56.4 Å². The van der Waals surface area contributed by atoms with Crippen molar-refractivity contribution in [1.82, 2.24) is 15.0 Å². The highest BCUT2D eigenvalue weighted by Gasteiger charge is 2.20. The van der Waals surface area contributed by atoms with Gasteiger partial charge in [0.05, 0.1) is 5.56 Å². The van der Waals surface area contributed by atoms with Crippen LogP contribution in [0.1, 0.15) is 0 Å². The predicted molar refractivity (Wildman–Crippen MR) is 227 cm³/mol. The van der Waals surface area contributed by atoms with Crippen molar-refractivity contribution in [2.45, 2.75) is 0 Å². The Hall–Kier alpha value is -7.43. The van der Waals surface area contributed by atoms with Crippen LogP contribution < -0.4 is 0 Å². The van der Waals surface area contributed by atoms with Crippen molar-refractivity contribution in [2.75, 3.05) is 0 Å². The first-order valence-electron chi connectivity index (χ1n) is 18.5. The van der Waals surface area contributed by atoms with Gasteiger partial charge in [-0.25, -0.2) is 15.0 Å². The van der Waals surface area contributed by atoms with Gasteiger partial charge in [0, 0.05) is 27.5 Å². The zero-order valence-corrected chi connectivity index (χ0v) is 29.6. The summed E-state index contributed by atoms with van der Waals surface area (Å²) in [6.07, 6.45) is 0. The minimum absolute atomic E-state index is 0.559. The third-order valence-corrected chi connectivity index (χ3v) is 10.7. The number of benzene rings is 9. The Balaban J connectivity index is 1.10. The Morgan fingerprint density at radius 1 is 0.255 bits per heavy atom. The fraction of sp³-hybridized carbons (Fsp3) is 0. The van der Waals surface area contributed by atoms with Gasteiger partial charge in [-0.05, 0) is 67.2 Å². The van der Waals surface area contributed by atoms with Gasteiger partial charge >= 0.3 is 0 Å². The van der Waals surface area contributed by atoms with Gasteiger partial charge in [0.1, 0.15) is 11.2 Å². The van der Waals surface area contributed by atoms with E-state index in [1.807, 2.05) is 42.5 Å². The summed E-state index contributed by atoms with van der Waals surface area (Å²) >= 11 is 0. The van der Waals surface area contributed by atoms with Gasteiger partial charge in [0.25, 0.3) is 0 Å². The number of para-hydroxylation sites is 2. The Morgan fingerprint density at radius 3 is 1.38 bits per heavy atom. The maximum absolute atomic E-state index is 6.96. The zero-order chi connectivity index (χ0) is 36.3. The molecule has 11 rings (SSSR count). The van der Waals surface area contributed by atoms with Gasteiger partial charge in [-0.2, -0.15) is 0 Å². The lowest BCUT2D eigenvalue weighted by Gasteiger charge is -2.12. The molecule has 2 heterocycles. The Morgan fingerprint density at radius 2 is 0.709 bits per heavy atom. The van der Waals surface area contributed by atoms with Crippen molar-refractivity contribution in [1.29, 1.82) is 0 Å². The summed E-state index contributed by atoms with van der Waals surface area (Å²) in [6, 6.07) is 65.7. The van der Waals surface area contributed by atoms with Crippen LogP contribution in [-0.4, -0.2) is 15.0 Å². The van der Waals surface area contributed by atoms with Crippen LogP contribution in [0.2, 0.25) is 0 Å². The fourth-order valence-corrected chi connectivity index (χ4v) is 8.11. The molecule has 55 heavy (non-hydrogen) atoms. The minimum atomic E-state index is 0.559. The third-order valence-electron chi connectivity index (χ3n) is 10.7. The van der Waals surface area contributed by atoms with E-state index in [1.54, 1.807) is 0 Å². The van der Waals surface area contributed by atoms with Crippen molar-refractivity contribution in [2.24, 2.45) is 0 Å². The van der Waals surface area contributed by atoms with Gasteiger partial charge < -0.3 is 4.42 Å². The topological polar surface area (TPSA) is 51.8 Å². The molecule has 0 aliphatic heterocycles. The molecule has 2 aromatic heterocycles. The smallest absolute Gasteiger partial charge is 0.167 e. The van der Waals surface area contributed by atoms with Crippen LogP contribution in [0, 0.1) is 0 Å². The van der Waals surface area contributed by atoms with Crippen LogP contribution >= 0.6 is 0 Å². The molecule has 0 saturated heterocycles. The van der Waals surface area contributed by atoms with Gasteiger partial charge in [0.15, 0.2) is 17.5 Å². The SMILES string of the molecule is c1ccc(-c2cccc(-c3nc(-c4ccccc4)nc(-c4cccc5c4oc4c(-c6ccc7c8ccccc8c8ccccc8c7c6)cccc45)n3)c2)cc1. The van der Waals surface area contributed by atoms with E-state index in [2.05, 4.69) is 146 Å². The number of hydrogen-bond acceptors (Lipinski definition) is 4. The summed E-state index contributed by atoms with van der Waals surface area (Å²) < 4.78 is 6.96. The van der Waals surface area contributed by atoms with Crippen molar-refractivity contribution < 1.29 is 4.42 Å². The van der Waals surface area contributed by atoms with Gasteiger partial charge in [0.2, 0.25) is 0 Å². The van der Waals surface area contributed by atoms with Crippen LogP contribution in [0.4, 0.5) is 0 Å². The van der Waals surface area contributed by atoms with Gasteiger partial charge in [-0.1, -0.05) is 170 Å². The molecule has 0 saturated carbocycles. The van der Waals surface area contributed by atoms with E-state index < -0.39 is 0 Å². The van der Waals surface area contributed by atoms with Crippen LogP contribution in [0.3, 0.4) is 0 Å². The van der Waals surface area contributed by atoms with Gasteiger partial charge in [-0.15, -0.1) is 0 Å². The van der Waals surface area contributed by atoms with E-state index in [-0.39, 0.29) is 0 Å². The molecule has 0 N–H and O–H groups in total. The zero-order valence-electron chi connectivity index (χ0n) is 29.6. The monoisotopic (exact) mass is 701 g/mol. The molecule has 0 bridgehead atoms. The summed E-state index contributed by atoms with van der Waals surface area (Å²) in [7, 11) is 0. The second-order valence-corrected chi connectivity index (χ2v) is 13.9. The minimum Gasteiger partial charge on any atom is -0.455 e. The summed E-state index contributed by atoms with van der Waals surface area (Å²) in [6.45, 7) is 0. The van der Waals surface area contributed by atoms with E-state index in [0.717, 1.165) is 60.9 Å². The van der Waals surface area contributed by atoms with Crippen LogP contribution in [-0.2, 0) is 0 Å². The number of fused-ring (bicyclic) bond motifs is 9. The second-order valence-electron chi connectivity index (χ2n) is 13.9. The molecule has 0 spiro atoms. The molecule has 4 heteroatoms. The van der Waals surface area contributed by atoms with Gasteiger partial charge in [-0.3, -0.25) is 0 Å². The summed E-state index contributed by atoms with van der Waals surface area (Å²) in [4.78, 5) is 15.3. The first-order chi connectivity index (χ1) is 27.3. The van der Waals surface area contributed by atoms with Crippen LogP contribution in [0.25, 0.3) is 111 Å². The molecule has 0 atom stereocenters. The first kappa shape index (κ1) is 31.1. The molecule has 256 valence electrons. The van der Waals surface area contributed by atoms with Crippen LogP contribution in [0.5, 0.6) is 0 Å². The number of aromatic nitrogens is 3. The number of hydrogen-bond donors (Lipinski definition) is 0. The summed E-state index contributed by atoms with van der Waals surface area (Å²) in [5, 5.41) is 9.55. The number of furan rings is 1. The molecule has 0 radical (unpaired) electrons. The van der Waals surface area contributed by atoms with E-state index in [0.29, 0.717) is 17.5 Å². The normalized spacial score (nSPS) is 11.6. The lowest BCUT2D eigenvalue weighted by atomic mass is 9.92. The largest absolute Gasteiger partial charge is 0.455 e. The average Bonchev–Trinajstić information content (AvgIpc) is 3.66. The molecule has 0 unspecified atom stereocenters. The van der Waals surface area contributed by atoms with Crippen LogP contribution in [0.15, 0.2) is 192 Å². The van der Waals surface area contributed by atoms with E-state index in [1.165, 1.54) is 32.3 Å². The number of nitrogens with zero attached hydrogens (tertiary/aromatic N) is 3. The predicted octanol–water partition coefficient (Wildman–Crippen LogP) is 13.6. The van der Waals surface area contributed by atoms with E-state index >= 15 is 0 Å². The lowest BCUT2D eigenvalue weighted by Crippen LogP contribution is -2.00. The maximum Gasteiger partial charge on any atom is 0.167 e. The van der Waals surface area contributed by atoms with E-state index in [4.69, 9.17) is 19.4 Å². The summed E-state index contributed by atoms with van der Waals surface area (Å²) in [5.74, 6) is 1.77. The highest BCUT2D eigenvalue weighted by Crippen LogP contribution is 2.42. The highest BCUT2D eigenvalue weighted by atomic mass is 16.3. The molecular formula is C51H31N3O. The Bertz CT molecular complexity index is 3220. The summed E-state index contributed by atoms with van der Waals surface area (Å²) in [5.41, 5.74) is 8.61. The quantitative estimate of drug-likeness (QED) is 0.168. The second kappa shape index (κ2) is 12.6. The standard InChI is InChI=1S/C51H31N3O/c1-3-14-32(15-4-1)34-18-11-19-36(30-34)50-52-49(33-16-5-2-6-17-33)53-51(54-50)45-27-13-26-44-43-25-12-24-37(47(43)55-48(44)45)35-28-29-42-40-22-8-7-20-38(40)39-21-9-10-23-41(39)46(42)31-35/h1-31H. The molecule has 0 aliphatic rings. The van der Waals surface area contributed by atoms with E-state index in [9.17, 15) is 0 Å². The van der Waals surface area contributed by atoms with Crippen molar-refractivity contribution >= 4 is 54.3 Å². The van der Waals surface area contributed by atoms with Crippen molar-refractivity contribution in [3.63, 3.8) is 0 Å². The molecule has 4 nitrogen and oxygen atoms in total.